The van der Waals surface area contributed by atoms with Gasteiger partial charge in [0.05, 0.1) is 0 Å². The molecule has 0 bridgehead atoms. The van der Waals surface area contributed by atoms with E-state index >= 15 is 0 Å². The number of rotatable bonds is 2. The van der Waals surface area contributed by atoms with Crippen molar-refractivity contribution in [3.63, 3.8) is 0 Å². The minimum absolute atomic E-state index is 0.283. The molecule has 0 N–H and O–H groups in total. The van der Waals surface area contributed by atoms with Crippen molar-refractivity contribution in [3.8, 4) is 0 Å². The van der Waals surface area contributed by atoms with Gasteiger partial charge in [0, 0.05) is 18.2 Å². The highest BCUT2D eigenvalue weighted by Crippen LogP contribution is 2.36. The van der Waals surface area contributed by atoms with Crippen molar-refractivity contribution in [2.75, 3.05) is 0 Å². The Morgan fingerprint density at radius 3 is 2.78 bits per heavy atom. The monoisotopic (exact) mass is 241 g/mol. The molecule has 2 heteroatoms. The molecule has 2 nitrogen and oxygen atoms in total. The summed E-state index contributed by atoms with van der Waals surface area (Å²) in [5.74, 6) is 0.283. The highest BCUT2D eigenvalue weighted by Gasteiger charge is 2.33. The van der Waals surface area contributed by atoms with E-state index in [0.717, 1.165) is 31.4 Å². The van der Waals surface area contributed by atoms with Gasteiger partial charge in [0.1, 0.15) is 0 Å². The molecule has 0 aromatic heterocycles. The average molecular weight is 241 g/mol. The van der Waals surface area contributed by atoms with Gasteiger partial charge in [-0.15, -0.1) is 0 Å². The van der Waals surface area contributed by atoms with Gasteiger partial charge in [-0.25, -0.2) is 0 Å². The van der Waals surface area contributed by atoms with Gasteiger partial charge in [-0.05, 0) is 38.2 Å². The molecule has 0 fully saturated rings. The molecule has 3 rings (SSSR count). The first-order valence-electron chi connectivity index (χ1n) is 6.81. The van der Waals surface area contributed by atoms with E-state index in [1.165, 1.54) is 17.6 Å². The third-order valence-electron chi connectivity index (χ3n) is 4.12. The molecule has 1 aliphatic carbocycles. The predicted molar refractivity (Wildman–Crippen MR) is 71.9 cm³/mol. The van der Waals surface area contributed by atoms with Crippen LogP contribution in [0.4, 0.5) is 0 Å². The number of carbonyl (C=O) groups excluding carboxylic acids is 1. The first kappa shape index (κ1) is 11.5. The van der Waals surface area contributed by atoms with Crippen molar-refractivity contribution >= 4 is 5.91 Å². The minimum atomic E-state index is 0.283. The van der Waals surface area contributed by atoms with E-state index in [1.807, 2.05) is 23.1 Å². The molecule has 0 saturated carbocycles. The SMILES string of the molecule is C[C@H]1CC2=C(CCC2)C(=O)N1Cc1ccccc1. The number of hydrogen-bond donors (Lipinski definition) is 0. The Morgan fingerprint density at radius 2 is 2.00 bits per heavy atom. The standard InChI is InChI=1S/C16H19NO/c1-12-10-14-8-5-9-15(14)16(18)17(12)11-13-6-3-2-4-7-13/h2-4,6-7,12H,5,8-11H2,1H3/t12-/m0/s1. The Morgan fingerprint density at radius 1 is 1.22 bits per heavy atom. The van der Waals surface area contributed by atoms with Crippen LogP contribution in [0.15, 0.2) is 41.5 Å². The molecule has 1 aromatic carbocycles. The van der Waals surface area contributed by atoms with E-state index in [9.17, 15) is 4.79 Å². The predicted octanol–water partition coefficient (Wildman–Crippen LogP) is 3.29. The third-order valence-corrected chi connectivity index (χ3v) is 4.12. The zero-order chi connectivity index (χ0) is 12.5. The topological polar surface area (TPSA) is 20.3 Å². The largest absolute Gasteiger partial charge is 0.332 e. The minimum Gasteiger partial charge on any atom is -0.332 e. The maximum atomic E-state index is 12.5. The quantitative estimate of drug-likeness (QED) is 0.778. The molecule has 0 radical (unpaired) electrons. The van der Waals surface area contributed by atoms with Crippen molar-refractivity contribution in [3.05, 3.63) is 47.0 Å². The van der Waals surface area contributed by atoms with Gasteiger partial charge in [0.15, 0.2) is 0 Å². The highest BCUT2D eigenvalue weighted by molar-refractivity contribution is 5.95. The average Bonchev–Trinajstić information content (AvgIpc) is 2.84. The van der Waals surface area contributed by atoms with Crippen LogP contribution in [0.3, 0.4) is 0 Å². The molecule has 1 aliphatic heterocycles. The molecule has 94 valence electrons. The lowest BCUT2D eigenvalue weighted by molar-refractivity contribution is -0.130. The van der Waals surface area contributed by atoms with E-state index in [4.69, 9.17) is 0 Å². The van der Waals surface area contributed by atoms with Crippen molar-refractivity contribution in [1.82, 2.24) is 4.90 Å². The van der Waals surface area contributed by atoms with E-state index in [-0.39, 0.29) is 5.91 Å². The summed E-state index contributed by atoms with van der Waals surface area (Å²) in [6.07, 6.45) is 4.38. The van der Waals surface area contributed by atoms with Crippen LogP contribution in [-0.4, -0.2) is 16.8 Å². The van der Waals surface area contributed by atoms with Crippen molar-refractivity contribution in [2.45, 2.75) is 45.2 Å². The molecular formula is C16H19NO. The summed E-state index contributed by atoms with van der Waals surface area (Å²) in [5.41, 5.74) is 3.76. The molecule has 1 atom stereocenters. The van der Waals surface area contributed by atoms with Crippen LogP contribution in [0.2, 0.25) is 0 Å². The molecule has 2 aliphatic rings. The Labute approximate surface area is 108 Å². The lowest BCUT2D eigenvalue weighted by Crippen LogP contribution is -2.42. The van der Waals surface area contributed by atoms with E-state index in [1.54, 1.807) is 0 Å². The fourth-order valence-electron chi connectivity index (χ4n) is 3.14. The van der Waals surface area contributed by atoms with Crippen LogP contribution in [0, 0.1) is 0 Å². The second kappa shape index (κ2) is 4.60. The van der Waals surface area contributed by atoms with Gasteiger partial charge < -0.3 is 4.90 Å². The van der Waals surface area contributed by atoms with Gasteiger partial charge >= 0.3 is 0 Å². The van der Waals surface area contributed by atoms with Gasteiger partial charge in [-0.2, -0.15) is 0 Å². The molecule has 0 unspecified atom stereocenters. The van der Waals surface area contributed by atoms with Crippen LogP contribution in [0.25, 0.3) is 0 Å². The summed E-state index contributed by atoms with van der Waals surface area (Å²) in [5, 5.41) is 0. The van der Waals surface area contributed by atoms with Crippen molar-refractivity contribution in [2.24, 2.45) is 0 Å². The molecule has 0 spiro atoms. The molecule has 0 saturated heterocycles. The number of amides is 1. The number of nitrogens with zero attached hydrogens (tertiary/aromatic N) is 1. The van der Waals surface area contributed by atoms with Crippen LogP contribution < -0.4 is 0 Å². The Hall–Kier alpha value is -1.57. The fourth-order valence-corrected chi connectivity index (χ4v) is 3.14. The van der Waals surface area contributed by atoms with Crippen LogP contribution in [0.5, 0.6) is 0 Å². The van der Waals surface area contributed by atoms with E-state index < -0.39 is 0 Å². The van der Waals surface area contributed by atoms with Crippen molar-refractivity contribution < 1.29 is 4.79 Å². The zero-order valence-electron chi connectivity index (χ0n) is 10.9. The number of benzene rings is 1. The molecule has 1 amide bonds. The van der Waals surface area contributed by atoms with Gasteiger partial charge in [-0.1, -0.05) is 35.9 Å². The summed E-state index contributed by atoms with van der Waals surface area (Å²) in [4.78, 5) is 14.5. The first-order chi connectivity index (χ1) is 8.75. The van der Waals surface area contributed by atoms with Crippen LogP contribution in [-0.2, 0) is 11.3 Å². The van der Waals surface area contributed by atoms with E-state index in [0.29, 0.717) is 6.04 Å². The third kappa shape index (κ3) is 1.96. The second-order valence-corrected chi connectivity index (χ2v) is 5.41. The van der Waals surface area contributed by atoms with Crippen LogP contribution in [0.1, 0.15) is 38.2 Å². The van der Waals surface area contributed by atoms with Crippen LogP contribution >= 0.6 is 0 Å². The maximum Gasteiger partial charge on any atom is 0.250 e. The smallest absolute Gasteiger partial charge is 0.250 e. The Kier molecular flexibility index (Phi) is 2.94. The summed E-state index contributed by atoms with van der Waals surface area (Å²) >= 11 is 0. The summed E-state index contributed by atoms with van der Waals surface area (Å²) < 4.78 is 0. The highest BCUT2D eigenvalue weighted by atomic mass is 16.2. The van der Waals surface area contributed by atoms with Crippen molar-refractivity contribution in [1.29, 1.82) is 0 Å². The number of hydrogen-bond acceptors (Lipinski definition) is 1. The van der Waals surface area contributed by atoms with Gasteiger partial charge in [-0.3, -0.25) is 4.79 Å². The van der Waals surface area contributed by atoms with E-state index in [2.05, 4.69) is 19.1 Å². The normalized spacial score (nSPS) is 23.5. The summed E-state index contributed by atoms with van der Waals surface area (Å²) in [6, 6.07) is 10.6. The molecule has 1 aromatic rings. The lowest BCUT2D eigenvalue weighted by atomic mass is 9.96. The van der Waals surface area contributed by atoms with Gasteiger partial charge in [0.25, 0.3) is 0 Å². The molecule has 1 heterocycles. The fraction of sp³-hybridized carbons (Fsp3) is 0.438. The zero-order valence-corrected chi connectivity index (χ0v) is 10.9. The second-order valence-electron chi connectivity index (χ2n) is 5.41. The number of carbonyl (C=O) groups is 1. The maximum absolute atomic E-state index is 12.5. The summed E-state index contributed by atoms with van der Waals surface area (Å²) in [6.45, 7) is 2.92. The van der Waals surface area contributed by atoms with Gasteiger partial charge in [0.2, 0.25) is 5.91 Å². The lowest BCUT2D eigenvalue weighted by Gasteiger charge is -2.34. The Bertz CT molecular complexity index is 489. The first-order valence-corrected chi connectivity index (χ1v) is 6.81. The summed E-state index contributed by atoms with van der Waals surface area (Å²) in [7, 11) is 0. The molecule has 18 heavy (non-hydrogen) atoms. The Balaban J connectivity index is 1.82. The molecular weight excluding hydrogens is 222 g/mol.